The number of benzene rings is 2. The van der Waals surface area contributed by atoms with E-state index in [2.05, 4.69) is 4.98 Å². The number of imidazole rings is 1. The number of Topliss-reactive ketones (excluding diaryl/α,β-unsaturated/α-hetero) is 1. The van der Waals surface area contributed by atoms with E-state index >= 15 is 0 Å². The predicted molar refractivity (Wildman–Crippen MR) is 129 cm³/mol. The molecule has 0 aliphatic rings. The van der Waals surface area contributed by atoms with Gasteiger partial charge in [0, 0.05) is 30.7 Å². The van der Waals surface area contributed by atoms with Crippen molar-refractivity contribution in [3.8, 4) is 5.75 Å². The molecule has 2 heterocycles. The molecule has 0 bridgehead atoms. The summed E-state index contributed by atoms with van der Waals surface area (Å²) in [6.07, 6.45) is 1.80. The van der Waals surface area contributed by atoms with Crippen molar-refractivity contribution < 1.29 is 23.2 Å². The summed E-state index contributed by atoms with van der Waals surface area (Å²) in [7, 11) is 0. The van der Waals surface area contributed by atoms with Gasteiger partial charge in [0.05, 0.1) is 16.2 Å². The van der Waals surface area contributed by atoms with Crippen LogP contribution in [0.15, 0.2) is 54.7 Å². The van der Waals surface area contributed by atoms with Gasteiger partial charge in [-0.15, -0.1) is 0 Å². The van der Waals surface area contributed by atoms with Crippen LogP contribution in [0.4, 0.5) is 14.5 Å². The molecule has 0 aliphatic carbocycles. The van der Waals surface area contributed by atoms with Crippen molar-refractivity contribution in [1.29, 1.82) is 0 Å². The Bertz CT molecular complexity index is 1430. The van der Waals surface area contributed by atoms with E-state index in [9.17, 15) is 23.7 Å². The average Bonchev–Trinajstić information content (AvgIpc) is 3.17. The summed E-state index contributed by atoms with van der Waals surface area (Å²) in [5.41, 5.74) is 8.31. The molecule has 10 heteroatoms. The van der Waals surface area contributed by atoms with Gasteiger partial charge >= 0.3 is 0 Å². The average molecular weight is 494 g/mol. The maximum atomic E-state index is 14.0. The lowest BCUT2D eigenvalue weighted by atomic mass is 9.92. The van der Waals surface area contributed by atoms with Gasteiger partial charge in [-0.25, -0.2) is 13.8 Å². The van der Waals surface area contributed by atoms with E-state index in [4.69, 9.17) is 10.5 Å². The van der Waals surface area contributed by atoms with Crippen molar-refractivity contribution in [2.24, 2.45) is 5.73 Å². The van der Waals surface area contributed by atoms with Gasteiger partial charge in [-0.05, 0) is 49.7 Å². The Morgan fingerprint density at radius 2 is 1.83 bits per heavy atom. The molecule has 1 unspecified atom stereocenters. The fourth-order valence-electron chi connectivity index (χ4n) is 4.15. The second-order valence-electron chi connectivity index (χ2n) is 8.52. The molecule has 186 valence electrons. The lowest BCUT2D eigenvalue weighted by Crippen LogP contribution is -2.18. The number of ketones is 1. The third-order valence-corrected chi connectivity index (χ3v) is 5.99. The number of carbonyl (C=O) groups excluding carboxylic acids is 1. The van der Waals surface area contributed by atoms with Crippen LogP contribution >= 0.6 is 0 Å². The lowest BCUT2D eigenvalue weighted by molar-refractivity contribution is -0.384. The number of rotatable bonds is 9. The summed E-state index contributed by atoms with van der Waals surface area (Å²) in [6, 6.07) is 11.2. The monoisotopic (exact) mass is 494 g/mol. The van der Waals surface area contributed by atoms with Gasteiger partial charge in [0.1, 0.15) is 23.9 Å². The Balaban J connectivity index is 1.63. The van der Waals surface area contributed by atoms with Crippen LogP contribution in [-0.4, -0.2) is 26.6 Å². The fraction of sp³-hybridized carbons (Fsp3) is 0.231. The van der Waals surface area contributed by atoms with Crippen molar-refractivity contribution in [2.75, 3.05) is 6.54 Å². The van der Waals surface area contributed by atoms with Crippen LogP contribution in [0.5, 0.6) is 5.75 Å². The number of pyridine rings is 1. The molecule has 8 nitrogen and oxygen atoms in total. The molecule has 0 saturated carbocycles. The van der Waals surface area contributed by atoms with Gasteiger partial charge in [-0.3, -0.25) is 19.3 Å². The second-order valence-corrected chi connectivity index (χ2v) is 8.52. The number of hydrogen-bond donors (Lipinski definition) is 1. The number of halogens is 2. The topological polar surface area (TPSA) is 113 Å². The van der Waals surface area contributed by atoms with Crippen molar-refractivity contribution in [3.63, 3.8) is 0 Å². The molecular weight excluding hydrogens is 470 g/mol. The zero-order valence-electron chi connectivity index (χ0n) is 19.7. The molecule has 0 spiro atoms. The Kier molecular flexibility index (Phi) is 7.07. The highest BCUT2D eigenvalue weighted by molar-refractivity contribution is 5.97. The molecule has 36 heavy (non-hydrogen) atoms. The largest absolute Gasteiger partial charge is 0.485 e. The van der Waals surface area contributed by atoms with Crippen molar-refractivity contribution in [1.82, 2.24) is 9.38 Å². The number of nitro groups is 1. The number of ether oxygens (including phenoxy) is 1. The molecule has 0 amide bonds. The first kappa shape index (κ1) is 24.9. The summed E-state index contributed by atoms with van der Waals surface area (Å²) in [6.45, 7) is 3.32. The quantitative estimate of drug-likeness (QED) is 0.198. The number of nitro benzene ring substituents is 1. The minimum atomic E-state index is -0.715. The Labute approximate surface area is 205 Å². The molecule has 4 aromatic rings. The molecule has 0 fully saturated rings. The van der Waals surface area contributed by atoms with Crippen LogP contribution in [0.25, 0.3) is 5.65 Å². The van der Waals surface area contributed by atoms with Crippen LogP contribution in [-0.2, 0) is 6.61 Å². The van der Waals surface area contributed by atoms with Crippen LogP contribution in [0.1, 0.15) is 45.2 Å². The minimum Gasteiger partial charge on any atom is -0.485 e. The van der Waals surface area contributed by atoms with Gasteiger partial charge in [-0.2, -0.15) is 0 Å². The van der Waals surface area contributed by atoms with Crippen LogP contribution in [0.3, 0.4) is 0 Å². The molecule has 4 rings (SSSR count). The van der Waals surface area contributed by atoms with Crippen LogP contribution < -0.4 is 10.5 Å². The minimum absolute atomic E-state index is 0.0447. The smallest absolute Gasteiger partial charge is 0.269 e. The number of nitrogens with zero attached hydrogens (tertiary/aromatic N) is 3. The first-order chi connectivity index (χ1) is 17.2. The number of fused-ring (bicyclic) bond motifs is 1. The van der Waals surface area contributed by atoms with Crippen LogP contribution in [0.2, 0.25) is 0 Å². The van der Waals surface area contributed by atoms with E-state index < -0.39 is 16.6 Å². The third kappa shape index (κ3) is 4.94. The van der Waals surface area contributed by atoms with Gasteiger partial charge in [0.2, 0.25) is 0 Å². The van der Waals surface area contributed by atoms with E-state index in [0.717, 1.165) is 23.3 Å². The number of aryl methyl sites for hydroxylation is 2. The zero-order chi connectivity index (χ0) is 26.0. The Morgan fingerprint density at radius 1 is 1.17 bits per heavy atom. The SMILES string of the molecule is Cc1cc(OCc2c(F)cccc2F)c2nc(C)c(C(=O)CC(CN)c3ccc([N+](=O)[O-])cc3)n2c1. The highest BCUT2D eigenvalue weighted by atomic mass is 19.1. The Morgan fingerprint density at radius 3 is 2.44 bits per heavy atom. The molecule has 1 atom stereocenters. The van der Waals surface area contributed by atoms with Gasteiger partial charge in [0.25, 0.3) is 5.69 Å². The summed E-state index contributed by atoms with van der Waals surface area (Å²) in [5, 5.41) is 10.9. The van der Waals surface area contributed by atoms with Gasteiger partial charge in [-0.1, -0.05) is 18.2 Å². The first-order valence-corrected chi connectivity index (χ1v) is 11.2. The zero-order valence-corrected chi connectivity index (χ0v) is 19.7. The summed E-state index contributed by atoms with van der Waals surface area (Å²) in [5.74, 6) is -1.72. The standard InChI is InChI=1S/C26H24F2N4O4/c1-15-10-24(36-14-20-21(27)4-3-5-22(20)28)26-30-16(2)25(31(26)13-15)23(33)11-18(12-29)17-6-8-19(9-7-17)32(34)35/h3-10,13,18H,11-12,14,29H2,1-2H3. The second kappa shape index (κ2) is 10.2. The number of non-ortho nitro benzene ring substituents is 1. The highest BCUT2D eigenvalue weighted by Crippen LogP contribution is 2.29. The van der Waals surface area contributed by atoms with Gasteiger partial charge < -0.3 is 10.5 Å². The summed E-state index contributed by atoms with van der Waals surface area (Å²) in [4.78, 5) is 28.3. The van der Waals surface area contributed by atoms with E-state index in [1.165, 1.54) is 18.2 Å². The molecule has 0 saturated heterocycles. The molecular formula is C26H24F2N4O4. The molecule has 2 aromatic carbocycles. The Hall–Kier alpha value is -4.18. The number of nitrogens with two attached hydrogens (primary N) is 1. The fourth-order valence-corrected chi connectivity index (χ4v) is 4.15. The predicted octanol–water partition coefficient (Wildman–Crippen LogP) is 5.03. The van der Waals surface area contributed by atoms with E-state index in [0.29, 0.717) is 17.0 Å². The van der Waals surface area contributed by atoms with Crippen molar-refractivity contribution in [3.05, 3.63) is 105 Å². The maximum absolute atomic E-state index is 14.0. The highest BCUT2D eigenvalue weighted by Gasteiger charge is 2.24. The molecule has 0 radical (unpaired) electrons. The van der Waals surface area contributed by atoms with E-state index in [-0.39, 0.29) is 48.3 Å². The van der Waals surface area contributed by atoms with Gasteiger partial charge in [0.15, 0.2) is 17.2 Å². The molecule has 0 aliphatic heterocycles. The van der Waals surface area contributed by atoms with E-state index in [1.54, 1.807) is 42.6 Å². The number of hydrogen-bond acceptors (Lipinski definition) is 6. The van der Waals surface area contributed by atoms with Crippen molar-refractivity contribution >= 4 is 17.1 Å². The molecule has 2 aromatic heterocycles. The maximum Gasteiger partial charge on any atom is 0.269 e. The third-order valence-electron chi connectivity index (χ3n) is 5.99. The van der Waals surface area contributed by atoms with Crippen LogP contribution in [0, 0.1) is 35.6 Å². The van der Waals surface area contributed by atoms with E-state index in [1.807, 2.05) is 0 Å². The molecule has 2 N–H and O–H groups in total. The lowest BCUT2D eigenvalue weighted by Gasteiger charge is -2.15. The first-order valence-electron chi connectivity index (χ1n) is 11.2. The number of aromatic nitrogens is 2. The summed E-state index contributed by atoms with van der Waals surface area (Å²) >= 11 is 0. The number of carbonyl (C=O) groups is 1. The normalized spacial score (nSPS) is 12.0. The summed E-state index contributed by atoms with van der Waals surface area (Å²) < 4.78 is 35.5. The van der Waals surface area contributed by atoms with Crippen molar-refractivity contribution in [2.45, 2.75) is 32.8 Å².